The molecule has 3 heterocycles. The van der Waals surface area contributed by atoms with Gasteiger partial charge in [0, 0.05) is 24.3 Å². The summed E-state index contributed by atoms with van der Waals surface area (Å²) in [7, 11) is 1.99. The van der Waals surface area contributed by atoms with Crippen molar-refractivity contribution >= 4 is 10.9 Å². The van der Waals surface area contributed by atoms with Crippen molar-refractivity contribution < 1.29 is 0 Å². The third kappa shape index (κ3) is 2.76. The fraction of sp³-hybridized carbons (Fsp3) is 0.421. The fourth-order valence-corrected chi connectivity index (χ4v) is 4.02. The van der Waals surface area contributed by atoms with Crippen molar-refractivity contribution in [3.8, 4) is 0 Å². The maximum Gasteiger partial charge on any atom is 0.258 e. The van der Waals surface area contributed by atoms with E-state index >= 15 is 0 Å². The van der Waals surface area contributed by atoms with Crippen LogP contribution >= 0.6 is 0 Å². The molecule has 1 N–H and O–H groups in total. The van der Waals surface area contributed by atoms with Crippen LogP contribution < -0.4 is 5.56 Å². The van der Waals surface area contributed by atoms with Crippen LogP contribution in [0.1, 0.15) is 41.7 Å². The minimum absolute atomic E-state index is 0.0647. The Bertz CT molecular complexity index is 987. The van der Waals surface area contributed by atoms with Gasteiger partial charge in [0.2, 0.25) is 0 Å². The van der Waals surface area contributed by atoms with Gasteiger partial charge in [-0.05, 0) is 45.4 Å². The van der Waals surface area contributed by atoms with E-state index in [0.29, 0.717) is 18.0 Å². The second-order valence-electron chi connectivity index (χ2n) is 6.87. The first kappa shape index (κ1) is 16.0. The second-order valence-corrected chi connectivity index (χ2v) is 6.87. The molecule has 0 bridgehead atoms. The second kappa shape index (κ2) is 6.11. The summed E-state index contributed by atoms with van der Waals surface area (Å²) in [4.78, 5) is 22.3. The van der Waals surface area contributed by atoms with Crippen molar-refractivity contribution in [2.45, 2.75) is 39.3 Å². The number of nitrogens with one attached hydrogen (secondary N) is 1. The number of aromatic amines is 1. The molecule has 2 aromatic heterocycles. The maximum absolute atomic E-state index is 12.3. The Balaban J connectivity index is 1.67. The molecule has 3 aromatic rings. The van der Waals surface area contributed by atoms with Crippen LogP contribution in [-0.4, -0.2) is 31.2 Å². The number of likely N-dealkylation sites (tertiary alicyclic amines) is 1. The first-order valence-corrected chi connectivity index (χ1v) is 8.76. The van der Waals surface area contributed by atoms with E-state index in [0.717, 1.165) is 36.4 Å². The lowest BCUT2D eigenvalue weighted by molar-refractivity contribution is 0.241. The van der Waals surface area contributed by atoms with E-state index in [1.54, 1.807) is 0 Å². The van der Waals surface area contributed by atoms with Crippen LogP contribution in [0.2, 0.25) is 0 Å². The molecule has 1 saturated heterocycles. The number of benzene rings is 1. The van der Waals surface area contributed by atoms with Crippen LogP contribution in [0.15, 0.2) is 29.1 Å². The molecular formula is C19H23N5O. The first-order chi connectivity index (χ1) is 12.0. The van der Waals surface area contributed by atoms with Crippen molar-refractivity contribution in [3.63, 3.8) is 0 Å². The molecule has 0 amide bonds. The van der Waals surface area contributed by atoms with Crippen molar-refractivity contribution in [1.82, 2.24) is 24.6 Å². The Labute approximate surface area is 146 Å². The van der Waals surface area contributed by atoms with Gasteiger partial charge >= 0.3 is 0 Å². The number of rotatable bonds is 3. The zero-order valence-corrected chi connectivity index (χ0v) is 14.9. The largest absolute Gasteiger partial charge is 0.309 e. The molecule has 1 fully saturated rings. The van der Waals surface area contributed by atoms with Gasteiger partial charge in [0.15, 0.2) is 0 Å². The van der Waals surface area contributed by atoms with Crippen LogP contribution in [0.25, 0.3) is 10.9 Å². The van der Waals surface area contributed by atoms with Gasteiger partial charge in [-0.1, -0.05) is 12.1 Å². The lowest BCUT2D eigenvalue weighted by Crippen LogP contribution is -2.26. The van der Waals surface area contributed by atoms with Gasteiger partial charge in [-0.2, -0.15) is 5.10 Å². The number of aromatic nitrogens is 4. The number of H-pyrrole nitrogens is 1. The predicted molar refractivity (Wildman–Crippen MR) is 97.4 cm³/mol. The fourth-order valence-electron chi connectivity index (χ4n) is 4.02. The molecule has 1 unspecified atom stereocenters. The summed E-state index contributed by atoms with van der Waals surface area (Å²) in [6.07, 6.45) is 2.27. The van der Waals surface area contributed by atoms with E-state index < -0.39 is 0 Å². The predicted octanol–water partition coefficient (Wildman–Crippen LogP) is 2.61. The number of para-hydroxylation sites is 1. The molecule has 0 spiro atoms. The summed E-state index contributed by atoms with van der Waals surface area (Å²) in [6, 6.07) is 7.82. The zero-order valence-electron chi connectivity index (χ0n) is 14.9. The summed E-state index contributed by atoms with van der Waals surface area (Å²) in [5.41, 5.74) is 4.32. The van der Waals surface area contributed by atoms with Gasteiger partial charge in [-0.15, -0.1) is 0 Å². The van der Waals surface area contributed by atoms with E-state index in [1.165, 1.54) is 11.3 Å². The monoisotopic (exact) mass is 337 g/mol. The summed E-state index contributed by atoms with van der Waals surface area (Å²) in [5.74, 6) is 0.731. The van der Waals surface area contributed by atoms with Crippen molar-refractivity contribution in [1.29, 1.82) is 0 Å². The quantitative estimate of drug-likeness (QED) is 0.798. The SMILES string of the molecule is Cc1nn(C)c(C)c1C1CCCN1Cc1nc2ccccc2c(=O)[nH]1. The molecule has 130 valence electrons. The molecule has 1 aliphatic heterocycles. The smallest absolute Gasteiger partial charge is 0.258 e. The van der Waals surface area contributed by atoms with Gasteiger partial charge in [-0.3, -0.25) is 14.4 Å². The molecule has 1 aromatic carbocycles. The number of hydrogen-bond donors (Lipinski definition) is 1. The highest BCUT2D eigenvalue weighted by Crippen LogP contribution is 2.36. The van der Waals surface area contributed by atoms with Crippen LogP contribution in [0.5, 0.6) is 0 Å². The lowest BCUT2D eigenvalue weighted by atomic mass is 10.0. The number of nitrogens with zero attached hydrogens (tertiary/aromatic N) is 4. The molecule has 0 aliphatic carbocycles. The molecule has 25 heavy (non-hydrogen) atoms. The van der Waals surface area contributed by atoms with Crippen molar-refractivity contribution in [2.75, 3.05) is 6.54 Å². The van der Waals surface area contributed by atoms with Gasteiger partial charge in [0.25, 0.3) is 5.56 Å². The van der Waals surface area contributed by atoms with E-state index in [4.69, 9.17) is 0 Å². The molecular weight excluding hydrogens is 314 g/mol. The molecule has 4 rings (SSSR count). The molecule has 6 nitrogen and oxygen atoms in total. The minimum atomic E-state index is -0.0647. The summed E-state index contributed by atoms with van der Waals surface area (Å²) < 4.78 is 1.96. The third-order valence-corrected chi connectivity index (χ3v) is 5.28. The van der Waals surface area contributed by atoms with E-state index in [-0.39, 0.29) is 5.56 Å². The summed E-state index contributed by atoms with van der Waals surface area (Å²) in [6.45, 7) is 5.87. The minimum Gasteiger partial charge on any atom is -0.309 e. The van der Waals surface area contributed by atoms with Gasteiger partial charge in [-0.25, -0.2) is 4.98 Å². The van der Waals surface area contributed by atoms with E-state index in [9.17, 15) is 4.79 Å². The summed E-state index contributed by atoms with van der Waals surface area (Å²) >= 11 is 0. The summed E-state index contributed by atoms with van der Waals surface area (Å²) in [5, 5.41) is 5.21. The van der Waals surface area contributed by atoms with Crippen LogP contribution in [0.4, 0.5) is 0 Å². The number of aryl methyl sites for hydroxylation is 2. The highest BCUT2D eigenvalue weighted by molar-refractivity contribution is 5.77. The standard InChI is InChI=1S/C19H23N5O/c1-12-18(13(2)23(3)22-12)16-9-6-10-24(16)11-17-20-15-8-5-4-7-14(15)19(25)21-17/h4-5,7-8,16H,6,9-11H2,1-3H3,(H,20,21,25). The van der Waals surface area contributed by atoms with Crippen LogP contribution in [0.3, 0.4) is 0 Å². The van der Waals surface area contributed by atoms with Gasteiger partial charge < -0.3 is 4.98 Å². The lowest BCUT2D eigenvalue weighted by Gasteiger charge is -2.24. The Kier molecular flexibility index (Phi) is 3.92. The Hall–Kier alpha value is -2.47. The average molecular weight is 337 g/mol. The first-order valence-electron chi connectivity index (χ1n) is 8.76. The molecule has 6 heteroatoms. The Morgan fingerprint density at radius 1 is 1.28 bits per heavy atom. The zero-order chi connectivity index (χ0) is 17.6. The third-order valence-electron chi connectivity index (χ3n) is 5.28. The van der Waals surface area contributed by atoms with Crippen molar-refractivity contribution in [3.05, 3.63) is 57.4 Å². The molecule has 1 aliphatic rings. The van der Waals surface area contributed by atoms with Gasteiger partial charge in [0.1, 0.15) is 5.82 Å². The Morgan fingerprint density at radius 2 is 2.08 bits per heavy atom. The molecule has 0 saturated carbocycles. The van der Waals surface area contributed by atoms with Gasteiger partial charge in [0.05, 0.1) is 23.1 Å². The number of fused-ring (bicyclic) bond motifs is 1. The normalized spacial score (nSPS) is 18.3. The highest BCUT2D eigenvalue weighted by Gasteiger charge is 2.30. The van der Waals surface area contributed by atoms with Crippen molar-refractivity contribution in [2.24, 2.45) is 7.05 Å². The van der Waals surface area contributed by atoms with Crippen LogP contribution in [-0.2, 0) is 13.6 Å². The molecule has 0 radical (unpaired) electrons. The average Bonchev–Trinajstić information content (AvgIpc) is 3.12. The maximum atomic E-state index is 12.3. The Morgan fingerprint density at radius 3 is 2.84 bits per heavy atom. The van der Waals surface area contributed by atoms with E-state index in [1.807, 2.05) is 36.0 Å². The number of hydrogen-bond acceptors (Lipinski definition) is 4. The highest BCUT2D eigenvalue weighted by atomic mass is 16.1. The van der Waals surface area contributed by atoms with Crippen LogP contribution in [0, 0.1) is 13.8 Å². The van der Waals surface area contributed by atoms with E-state index in [2.05, 4.69) is 33.8 Å². The molecule has 1 atom stereocenters. The topological polar surface area (TPSA) is 66.8 Å².